The quantitative estimate of drug-likeness (QED) is 0.804. The lowest BCUT2D eigenvalue weighted by Gasteiger charge is -2.44. The maximum atomic E-state index is 12.3. The summed E-state index contributed by atoms with van der Waals surface area (Å²) in [5.74, 6) is 1.03. The van der Waals surface area contributed by atoms with Crippen molar-refractivity contribution in [1.29, 1.82) is 0 Å². The van der Waals surface area contributed by atoms with E-state index < -0.39 is 12.6 Å². The molecule has 0 spiro atoms. The SMILES string of the molecule is CCC(C)C1CNC(C(C)C)CN1CCCC(F)(F)F. The van der Waals surface area contributed by atoms with Crippen LogP contribution in [0.4, 0.5) is 13.2 Å². The highest BCUT2D eigenvalue weighted by molar-refractivity contribution is 4.89. The van der Waals surface area contributed by atoms with Crippen molar-refractivity contribution in [2.75, 3.05) is 19.6 Å². The number of nitrogens with zero attached hydrogens (tertiary/aromatic N) is 1. The lowest BCUT2D eigenvalue weighted by molar-refractivity contribution is -0.136. The van der Waals surface area contributed by atoms with Gasteiger partial charge in [0, 0.05) is 31.6 Å². The number of piperazine rings is 1. The van der Waals surface area contributed by atoms with Crippen LogP contribution >= 0.6 is 0 Å². The second-order valence-corrected chi connectivity index (χ2v) is 6.43. The average molecular weight is 294 g/mol. The van der Waals surface area contributed by atoms with Crippen molar-refractivity contribution in [3.8, 4) is 0 Å². The first kappa shape index (κ1) is 17.8. The lowest BCUT2D eigenvalue weighted by atomic mass is 9.91. The summed E-state index contributed by atoms with van der Waals surface area (Å²) >= 11 is 0. The molecule has 0 saturated carbocycles. The van der Waals surface area contributed by atoms with Gasteiger partial charge in [0.2, 0.25) is 0 Å². The first-order chi connectivity index (χ1) is 9.24. The predicted octanol–water partition coefficient (Wildman–Crippen LogP) is 3.67. The minimum Gasteiger partial charge on any atom is -0.311 e. The Kier molecular flexibility index (Phi) is 6.79. The molecule has 1 fully saturated rings. The summed E-state index contributed by atoms with van der Waals surface area (Å²) in [5.41, 5.74) is 0. The first-order valence-electron chi connectivity index (χ1n) is 7.78. The van der Waals surface area contributed by atoms with E-state index in [4.69, 9.17) is 0 Å². The summed E-state index contributed by atoms with van der Waals surface area (Å²) in [5, 5.41) is 3.56. The fourth-order valence-corrected chi connectivity index (χ4v) is 2.87. The van der Waals surface area contributed by atoms with E-state index in [-0.39, 0.29) is 6.42 Å². The lowest BCUT2D eigenvalue weighted by Crippen LogP contribution is -2.60. The van der Waals surface area contributed by atoms with Gasteiger partial charge in [0.1, 0.15) is 0 Å². The third-order valence-corrected chi connectivity index (χ3v) is 4.50. The molecule has 2 nitrogen and oxygen atoms in total. The van der Waals surface area contributed by atoms with Crippen molar-refractivity contribution in [3.05, 3.63) is 0 Å². The number of alkyl halides is 3. The average Bonchev–Trinajstić information content (AvgIpc) is 2.36. The standard InChI is InChI=1S/C15H29F3N2/c1-5-12(4)14-9-19-13(11(2)3)10-20(14)8-6-7-15(16,17)18/h11-14,19H,5-10H2,1-4H3. The Bertz CT molecular complexity index is 279. The highest BCUT2D eigenvalue weighted by Crippen LogP contribution is 2.24. The van der Waals surface area contributed by atoms with Crippen molar-refractivity contribution < 1.29 is 13.2 Å². The van der Waals surface area contributed by atoms with Crippen LogP contribution in [0, 0.1) is 11.8 Å². The Morgan fingerprint density at radius 1 is 1.25 bits per heavy atom. The molecule has 0 amide bonds. The number of hydrogen-bond acceptors (Lipinski definition) is 2. The van der Waals surface area contributed by atoms with Crippen LogP contribution in [-0.2, 0) is 0 Å². The van der Waals surface area contributed by atoms with Gasteiger partial charge in [-0.05, 0) is 24.8 Å². The van der Waals surface area contributed by atoms with Gasteiger partial charge in [-0.3, -0.25) is 4.90 Å². The van der Waals surface area contributed by atoms with Gasteiger partial charge in [-0.2, -0.15) is 13.2 Å². The fourth-order valence-electron chi connectivity index (χ4n) is 2.87. The maximum absolute atomic E-state index is 12.3. The molecule has 5 heteroatoms. The summed E-state index contributed by atoms with van der Waals surface area (Å²) in [6.07, 6.45) is -3.43. The van der Waals surface area contributed by atoms with E-state index in [2.05, 4.69) is 37.9 Å². The second kappa shape index (κ2) is 7.64. The fraction of sp³-hybridized carbons (Fsp3) is 1.00. The van der Waals surface area contributed by atoms with Crippen LogP contribution in [-0.4, -0.2) is 42.8 Å². The molecule has 0 aromatic heterocycles. The Labute approximate surface area is 121 Å². The molecule has 0 aromatic rings. The first-order valence-corrected chi connectivity index (χ1v) is 7.78. The molecular formula is C15H29F3N2. The van der Waals surface area contributed by atoms with Crippen LogP contribution in [0.15, 0.2) is 0 Å². The van der Waals surface area contributed by atoms with Crippen molar-refractivity contribution in [2.24, 2.45) is 11.8 Å². The Morgan fingerprint density at radius 3 is 2.40 bits per heavy atom. The summed E-state index contributed by atoms with van der Waals surface area (Å²) in [4.78, 5) is 2.28. The molecule has 0 aromatic carbocycles. The van der Waals surface area contributed by atoms with Gasteiger partial charge in [0.05, 0.1) is 0 Å². The topological polar surface area (TPSA) is 15.3 Å². The van der Waals surface area contributed by atoms with Gasteiger partial charge < -0.3 is 5.32 Å². The Morgan fingerprint density at radius 2 is 1.90 bits per heavy atom. The van der Waals surface area contributed by atoms with Crippen molar-refractivity contribution in [3.63, 3.8) is 0 Å². The maximum Gasteiger partial charge on any atom is 0.389 e. The molecule has 20 heavy (non-hydrogen) atoms. The van der Waals surface area contributed by atoms with Crippen molar-refractivity contribution in [2.45, 2.75) is 65.2 Å². The molecule has 0 aliphatic carbocycles. The third-order valence-electron chi connectivity index (χ3n) is 4.50. The van der Waals surface area contributed by atoms with Crippen LogP contribution in [0.25, 0.3) is 0 Å². The zero-order valence-corrected chi connectivity index (χ0v) is 13.1. The predicted molar refractivity (Wildman–Crippen MR) is 76.7 cm³/mol. The molecular weight excluding hydrogens is 265 g/mol. The number of nitrogens with one attached hydrogen (secondary N) is 1. The van der Waals surface area contributed by atoms with Gasteiger partial charge in [0.15, 0.2) is 0 Å². The Balaban J connectivity index is 2.57. The highest BCUT2D eigenvalue weighted by atomic mass is 19.4. The molecule has 3 atom stereocenters. The van der Waals surface area contributed by atoms with Crippen LogP contribution < -0.4 is 5.32 Å². The molecule has 1 saturated heterocycles. The van der Waals surface area contributed by atoms with Crippen LogP contribution in [0.1, 0.15) is 47.0 Å². The Hall–Kier alpha value is -0.290. The van der Waals surface area contributed by atoms with E-state index in [1.165, 1.54) is 0 Å². The van der Waals surface area contributed by atoms with Crippen LogP contribution in [0.3, 0.4) is 0 Å². The molecule has 1 aliphatic heterocycles. The van der Waals surface area contributed by atoms with Gasteiger partial charge in [-0.1, -0.05) is 34.1 Å². The van der Waals surface area contributed by atoms with Crippen molar-refractivity contribution >= 4 is 0 Å². The van der Waals surface area contributed by atoms with E-state index >= 15 is 0 Å². The van der Waals surface area contributed by atoms with E-state index in [9.17, 15) is 13.2 Å². The molecule has 0 radical (unpaired) electrons. The van der Waals surface area contributed by atoms with E-state index in [0.717, 1.165) is 19.5 Å². The normalized spacial score (nSPS) is 27.0. The highest BCUT2D eigenvalue weighted by Gasteiger charge is 2.33. The van der Waals surface area contributed by atoms with Crippen LogP contribution in [0.2, 0.25) is 0 Å². The monoisotopic (exact) mass is 294 g/mol. The minimum absolute atomic E-state index is 0.210. The molecule has 3 unspecified atom stereocenters. The van der Waals surface area contributed by atoms with Gasteiger partial charge in [-0.15, -0.1) is 0 Å². The molecule has 1 N–H and O–H groups in total. The van der Waals surface area contributed by atoms with E-state index in [0.29, 0.717) is 30.5 Å². The molecule has 1 aliphatic rings. The van der Waals surface area contributed by atoms with Crippen molar-refractivity contribution in [1.82, 2.24) is 10.2 Å². The second-order valence-electron chi connectivity index (χ2n) is 6.43. The van der Waals surface area contributed by atoms with Crippen LogP contribution in [0.5, 0.6) is 0 Å². The molecule has 1 rings (SSSR count). The minimum atomic E-state index is -4.03. The number of hydrogen-bond donors (Lipinski definition) is 1. The van der Waals surface area contributed by atoms with Gasteiger partial charge in [0.25, 0.3) is 0 Å². The third kappa shape index (κ3) is 5.60. The van der Waals surface area contributed by atoms with E-state index in [1.54, 1.807) is 0 Å². The zero-order valence-electron chi connectivity index (χ0n) is 13.1. The van der Waals surface area contributed by atoms with Gasteiger partial charge in [-0.25, -0.2) is 0 Å². The number of rotatable bonds is 6. The number of halogens is 3. The summed E-state index contributed by atoms with van der Waals surface area (Å²) in [6.45, 7) is 11.0. The van der Waals surface area contributed by atoms with Gasteiger partial charge >= 0.3 is 6.18 Å². The summed E-state index contributed by atoms with van der Waals surface area (Å²) in [6, 6.07) is 0.754. The molecule has 120 valence electrons. The summed E-state index contributed by atoms with van der Waals surface area (Å²) in [7, 11) is 0. The van der Waals surface area contributed by atoms with E-state index in [1.807, 2.05) is 0 Å². The smallest absolute Gasteiger partial charge is 0.311 e. The summed E-state index contributed by atoms with van der Waals surface area (Å²) < 4.78 is 36.9. The zero-order chi connectivity index (χ0) is 15.3. The molecule has 1 heterocycles. The largest absolute Gasteiger partial charge is 0.389 e. The molecule has 0 bridgehead atoms.